The zero-order valence-corrected chi connectivity index (χ0v) is 14.0. The average Bonchev–Trinajstić information content (AvgIpc) is 3.06. The highest BCUT2D eigenvalue weighted by Crippen LogP contribution is 2.47. The Morgan fingerprint density at radius 3 is 2.71 bits per heavy atom. The van der Waals surface area contributed by atoms with Gasteiger partial charge in [-0.1, -0.05) is 36.9 Å². The first-order valence-corrected chi connectivity index (χ1v) is 8.15. The third-order valence-electron chi connectivity index (χ3n) is 4.60. The molecular weight excluding hydrogens is 300 g/mol. The zero-order chi connectivity index (χ0) is 16.7. The van der Waals surface area contributed by atoms with E-state index in [1.165, 1.54) is 0 Å². The van der Waals surface area contributed by atoms with E-state index in [2.05, 4.69) is 24.8 Å². The molecule has 2 aromatic carbocycles. The molecule has 0 aromatic heterocycles. The van der Waals surface area contributed by atoms with Crippen molar-refractivity contribution < 1.29 is 14.2 Å². The molecule has 0 saturated heterocycles. The predicted molar refractivity (Wildman–Crippen MR) is 94.7 cm³/mol. The molecule has 4 rings (SSSR count). The topological polar surface area (TPSA) is 27.7 Å². The Balaban J connectivity index is 1.77. The normalized spacial score (nSPS) is 17.9. The third-order valence-corrected chi connectivity index (χ3v) is 4.60. The van der Waals surface area contributed by atoms with Crippen LogP contribution in [0.4, 0.5) is 0 Å². The summed E-state index contributed by atoms with van der Waals surface area (Å²) in [6.07, 6.45) is 3.69. The summed E-state index contributed by atoms with van der Waals surface area (Å²) in [7, 11) is 1.68. The number of hydrogen-bond donors (Lipinski definition) is 0. The van der Waals surface area contributed by atoms with Crippen molar-refractivity contribution in [3.8, 4) is 17.2 Å². The minimum absolute atomic E-state index is 0.00545. The Labute approximate surface area is 142 Å². The second-order valence-corrected chi connectivity index (χ2v) is 6.26. The lowest BCUT2D eigenvalue weighted by atomic mass is 9.97. The second-order valence-electron chi connectivity index (χ2n) is 6.26. The summed E-state index contributed by atoms with van der Waals surface area (Å²) in [5, 5.41) is 0. The highest BCUT2D eigenvalue weighted by Gasteiger charge is 2.32. The van der Waals surface area contributed by atoms with E-state index >= 15 is 0 Å². The van der Waals surface area contributed by atoms with Gasteiger partial charge in [-0.25, -0.2) is 0 Å². The summed E-state index contributed by atoms with van der Waals surface area (Å²) in [6.45, 7) is 6.03. The number of allylic oxidation sites excluding steroid dienone is 1. The van der Waals surface area contributed by atoms with Crippen LogP contribution in [-0.4, -0.2) is 13.2 Å². The second kappa shape index (κ2) is 5.75. The summed E-state index contributed by atoms with van der Waals surface area (Å²) in [6, 6.07) is 12.1. The number of fused-ring (bicyclic) bond motifs is 3. The van der Waals surface area contributed by atoms with E-state index in [1.54, 1.807) is 7.11 Å². The van der Waals surface area contributed by atoms with Gasteiger partial charge in [-0.15, -0.1) is 0 Å². The van der Waals surface area contributed by atoms with Crippen LogP contribution >= 0.6 is 0 Å². The largest absolute Gasteiger partial charge is 0.496 e. The smallest absolute Gasteiger partial charge is 0.141 e. The Morgan fingerprint density at radius 1 is 1.21 bits per heavy atom. The molecule has 2 aliphatic heterocycles. The predicted octanol–water partition coefficient (Wildman–Crippen LogP) is 4.55. The fourth-order valence-corrected chi connectivity index (χ4v) is 3.28. The lowest BCUT2D eigenvalue weighted by molar-refractivity contribution is 0.270. The average molecular weight is 320 g/mol. The number of benzene rings is 2. The zero-order valence-electron chi connectivity index (χ0n) is 14.0. The van der Waals surface area contributed by atoms with E-state index in [9.17, 15) is 0 Å². The monoisotopic (exact) mass is 320 g/mol. The molecule has 2 heterocycles. The first-order valence-electron chi connectivity index (χ1n) is 8.15. The van der Waals surface area contributed by atoms with Gasteiger partial charge in [0, 0.05) is 35.6 Å². The van der Waals surface area contributed by atoms with Gasteiger partial charge in [0.1, 0.15) is 29.1 Å². The Bertz CT molecular complexity index is 834. The summed E-state index contributed by atoms with van der Waals surface area (Å²) < 4.78 is 17.9. The molecule has 0 N–H and O–H groups in total. The van der Waals surface area contributed by atoms with Crippen LogP contribution in [0, 0.1) is 0 Å². The molecule has 1 atom stereocenters. The molecule has 1 unspecified atom stereocenters. The van der Waals surface area contributed by atoms with E-state index in [1.807, 2.05) is 31.2 Å². The molecule has 0 fully saturated rings. The van der Waals surface area contributed by atoms with Gasteiger partial charge < -0.3 is 14.2 Å². The van der Waals surface area contributed by atoms with Gasteiger partial charge in [0.25, 0.3) is 0 Å². The van der Waals surface area contributed by atoms with Crippen LogP contribution in [0.3, 0.4) is 0 Å². The molecule has 3 nitrogen and oxygen atoms in total. The quantitative estimate of drug-likeness (QED) is 0.777. The van der Waals surface area contributed by atoms with Crippen LogP contribution in [-0.2, 0) is 12.8 Å². The van der Waals surface area contributed by atoms with Gasteiger partial charge in [0.05, 0.1) is 7.11 Å². The van der Waals surface area contributed by atoms with Crippen molar-refractivity contribution in [2.45, 2.75) is 25.9 Å². The van der Waals surface area contributed by atoms with Crippen molar-refractivity contribution in [1.29, 1.82) is 0 Å². The molecule has 0 amide bonds. The van der Waals surface area contributed by atoms with Crippen LogP contribution in [0.5, 0.6) is 17.2 Å². The molecule has 0 bridgehead atoms. The van der Waals surface area contributed by atoms with Gasteiger partial charge in [-0.05, 0) is 18.6 Å². The van der Waals surface area contributed by atoms with Gasteiger partial charge >= 0.3 is 0 Å². The van der Waals surface area contributed by atoms with E-state index in [-0.39, 0.29) is 6.10 Å². The van der Waals surface area contributed by atoms with Crippen LogP contribution in [0.25, 0.3) is 5.76 Å². The van der Waals surface area contributed by atoms with Gasteiger partial charge in [0.2, 0.25) is 0 Å². The van der Waals surface area contributed by atoms with E-state index in [4.69, 9.17) is 14.2 Å². The molecule has 122 valence electrons. The summed E-state index contributed by atoms with van der Waals surface area (Å²) in [5.74, 6) is 3.43. The molecule has 3 heteroatoms. The fraction of sp³-hybridized carbons (Fsp3) is 0.238. The van der Waals surface area contributed by atoms with Crippen LogP contribution < -0.4 is 14.2 Å². The lowest BCUT2D eigenvalue weighted by Gasteiger charge is -2.22. The number of rotatable bonds is 3. The van der Waals surface area contributed by atoms with Crippen molar-refractivity contribution in [3.05, 3.63) is 71.3 Å². The third kappa shape index (κ3) is 2.37. The molecule has 0 aliphatic carbocycles. The standard InChI is InChI=1S/C21H20O3/c1-13(2)18-11-16-20(23-18)12-19(22-3)15-9-10-17(24-21(15)16)14-7-5-4-6-8-14/h4-8,10,12,18H,1,9,11H2,2-3H3. The molecule has 0 spiro atoms. The molecule has 0 radical (unpaired) electrons. The summed E-state index contributed by atoms with van der Waals surface area (Å²) in [5.41, 5.74) is 4.30. The van der Waals surface area contributed by atoms with Crippen molar-refractivity contribution in [2.75, 3.05) is 7.11 Å². The van der Waals surface area contributed by atoms with Crippen molar-refractivity contribution in [1.82, 2.24) is 0 Å². The maximum Gasteiger partial charge on any atom is 0.141 e. The first kappa shape index (κ1) is 14.9. The SMILES string of the molecule is C=C(C)C1Cc2c(cc(OC)c3c2OC(c2ccccc2)=CC3)O1. The first-order chi connectivity index (χ1) is 11.7. The minimum Gasteiger partial charge on any atom is -0.496 e. The highest BCUT2D eigenvalue weighted by molar-refractivity contribution is 5.70. The Kier molecular flexibility index (Phi) is 3.57. The molecular formula is C21H20O3. The number of hydrogen-bond acceptors (Lipinski definition) is 3. The van der Waals surface area contributed by atoms with E-state index in [0.29, 0.717) is 0 Å². The number of methoxy groups -OCH3 is 1. The van der Waals surface area contributed by atoms with Gasteiger partial charge in [-0.3, -0.25) is 0 Å². The molecule has 24 heavy (non-hydrogen) atoms. The maximum absolute atomic E-state index is 6.30. The van der Waals surface area contributed by atoms with Gasteiger partial charge in [0.15, 0.2) is 0 Å². The Hall–Kier alpha value is -2.68. The summed E-state index contributed by atoms with van der Waals surface area (Å²) >= 11 is 0. The lowest BCUT2D eigenvalue weighted by Crippen LogP contribution is -2.13. The van der Waals surface area contributed by atoms with Crippen molar-refractivity contribution in [3.63, 3.8) is 0 Å². The van der Waals surface area contributed by atoms with Crippen molar-refractivity contribution >= 4 is 5.76 Å². The van der Waals surface area contributed by atoms with E-state index in [0.717, 1.165) is 58.1 Å². The maximum atomic E-state index is 6.30. The molecule has 0 saturated carbocycles. The van der Waals surface area contributed by atoms with E-state index < -0.39 is 0 Å². The molecule has 2 aromatic rings. The highest BCUT2D eigenvalue weighted by atomic mass is 16.5. The van der Waals surface area contributed by atoms with Gasteiger partial charge in [-0.2, -0.15) is 0 Å². The minimum atomic E-state index is 0.00545. The van der Waals surface area contributed by atoms with Crippen LogP contribution in [0.1, 0.15) is 23.6 Å². The summed E-state index contributed by atoms with van der Waals surface area (Å²) in [4.78, 5) is 0. The van der Waals surface area contributed by atoms with Crippen LogP contribution in [0.2, 0.25) is 0 Å². The van der Waals surface area contributed by atoms with Crippen molar-refractivity contribution in [2.24, 2.45) is 0 Å². The molecule has 2 aliphatic rings. The Morgan fingerprint density at radius 2 is 2.00 bits per heavy atom. The number of ether oxygens (including phenoxy) is 3. The fourth-order valence-electron chi connectivity index (χ4n) is 3.28. The van der Waals surface area contributed by atoms with Crippen LogP contribution in [0.15, 0.2) is 54.6 Å².